The normalized spacial score (nSPS) is 13.9. The average Bonchev–Trinajstić information content (AvgIpc) is 4.02. The zero-order chi connectivity index (χ0) is 39.7. The number of rotatable bonds is 7. The molecular formula is C58H39NS. The van der Waals surface area contributed by atoms with Crippen molar-refractivity contribution in [3.8, 4) is 22.3 Å². The number of thiophene rings is 1. The summed E-state index contributed by atoms with van der Waals surface area (Å²) in [4.78, 5) is 2.60. The molecule has 12 rings (SSSR count). The van der Waals surface area contributed by atoms with Gasteiger partial charge in [0.25, 0.3) is 0 Å². The fraction of sp³-hybridized carbons (Fsp3) is 0.0345. The topological polar surface area (TPSA) is 3.24 Å². The van der Waals surface area contributed by atoms with E-state index in [1.54, 1.807) is 0 Å². The molecule has 2 aliphatic rings. The molecule has 0 amide bonds. The van der Waals surface area contributed by atoms with Crippen LogP contribution < -0.4 is 4.90 Å². The summed E-state index contributed by atoms with van der Waals surface area (Å²) in [5, 5.41) is 3.47. The van der Waals surface area contributed by atoms with Crippen LogP contribution in [0.15, 0.2) is 236 Å². The first kappa shape index (κ1) is 34.8. The smallest absolute Gasteiger partial charge is 0.0714 e. The van der Waals surface area contributed by atoms with Gasteiger partial charge in [-0.1, -0.05) is 206 Å². The van der Waals surface area contributed by atoms with Crippen LogP contribution in [0.4, 0.5) is 17.1 Å². The Morgan fingerprint density at radius 3 is 1.12 bits per heavy atom. The van der Waals surface area contributed by atoms with Crippen LogP contribution in [0.2, 0.25) is 0 Å². The first-order valence-electron chi connectivity index (χ1n) is 20.8. The van der Waals surface area contributed by atoms with Gasteiger partial charge in [-0.2, -0.15) is 0 Å². The zero-order valence-corrected chi connectivity index (χ0v) is 33.7. The molecule has 2 heteroatoms. The summed E-state index contributed by atoms with van der Waals surface area (Å²) < 4.78 is 1.26. The maximum absolute atomic E-state index is 2.60. The maximum Gasteiger partial charge on any atom is 0.0714 e. The minimum Gasteiger partial charge on any atom is -0.308 e. The first-order chi connectivity index (χ1) is 29.8. The molecule has 0 aliphatic heterocycles. The van der Waals surface area contributed by atoms with Gasteiger partial charge in [-0.05, 0) is 90.7 Å². The van der Waals surface area contributed by atoms with Crippen molar-refractivity contribution in [2.24, 2.45) is 0 Å². The third-order valence-electron chi connectivity index (χ3n) is 13.1. The van der Waals surface area contributed by atoms with Crippen LogP contribution in [-0.2, 0) is 10.8 Å². The highest BCUT2D eigenvalue weighted by Gasteiger charge is 2.49. The van der Waals surface area contributed by atoms with E-state index in [2.05, 4.69) is 241 Å². The Labute approximate surface area is 355 Å². The Morgan fingerprint density at radius 1 is 0.300 bits per heavy atom. The second kappa shape index (κ2) is 13.7. The molecule has 0 fully saturated rings. The van der Waals surface area contributed by atoms with Gasteiger partial charge in [-0.15, -0.1) is 11.3 Å². The van der Waals surface area contributed by atoms with Crippen LogP contribution in [0.1, 0.15) is 44.5 Å². The molecule has 0 N–H and O–H groups in total. The Kier molecular flexibility index (Phi) is 7.91. The molecule has 0 bridgehead atoms. The van der Waals surface area contributed by atoms with Crippen LogP contribution in [0.3, 0.4) is 0 Å². The van der Waals surface area contributed by atoms with Gasteiger partial charge in [0, 0.05) is 11.1 Å². The number of fused-ring (bicyclic) bond motifs is 7. The standard InChI is InChI=1S/C58H39NS/c1-5-21-41(22-6-1)57(42-23-7-2-8-24-42)47-31-15-13-29-45(47)54-49(57)33-18-35-51(54)59(53-37-17-20-40-38-39-60-56(40)53)52-36-19-34-50-55(52)46-30-14-16-32-48(46)58(50,43-25-9-3-10-26-43)44-27-11-4-12-28-44/h1-39H. The van der Waals surface area contributed by atoms with Gasteiger partial charge in [-0.25, -0.2) is 0 Å². The van der Waals surface area contributed by atoms with Crippen molar-refractivity contribution in [2.75, 3.05) is 4.90 Å². The highest BCUT2D eigenvalue weighted by molar-refractivity contribution is 7.17. The molecule has 9 aromatic carbocycles. The lowest BCUT2D eigenvalue weighted by Crippen LogP contribution is -2.28. The Bertz CT molecular complexity index is 2940. The van der Waals surface area contributed by atoms with E-state index >= 15 is 0 Å². The number of benzene rings is 9. The summed E-state index contributed by atoms with van der Waals surface area (Å²) in [5.41, 5.74) is 17.7. The van der Waals surface area contributed by atoms with E-state index in [0.717, 1.165) is 11.4 Å². The maximum atomic E-state index is 2.60. The molecule has 10 aromatic rings. The summed E-state index contributed by atoms with van der Waals surface area (Å²) in [6, 6.07) is 85.8. The molecular weight excluding hydrogens is 743 g/mol. The van der Waals surface area contributed by atoms with Crippen LogP contribution >= 0.6 is 11.3 Å². The second-order valence-corrected chi connectivity index (χ2v) is 16.8. The van der Waals surface area contributed by atoms with Crippen molar-refractivity contribution in [3.05, 3.63) is 280 Å². The van der Waals surface area contributed by atoms with Crippen molar-refractivity contribution >= 4 is 38.5 Å². The Balaban J connectivity index is 1.22. The summed E-state index contributed by atoms with van der Waals surface area (Å²) in [6.07, 6.45) is 0. The molecule has 1 nitrogen and oxygen atoms in total. The van der Waals surface area contributed by atoms with E-state index in [-0.39, 0.29) is 0 Å². The lowest BCUT2D eigenvalue weighted by Gasteiger charge is -2.35. The fourth-order valence-corrected chi connectivity index (χ4v) is 11.8. The second-order valence-electron chi connectivity index (χ2n) is 15.9. The van der Waals surface area contributed by atoms with E-state index in [9.17, 15) is 0 Å². The molecule has 0 radical (unpaired) electrons. The quantitative estimate of drug-likeness (QED) is 0.156. The third-order valence-corrected chi connectivity index (χ3v) is 14.1. The van der Waals surface area contributed by atoms with Crippen LogP contribution in [-0.4, -0.2) is 0 Å². The first-order valence-corrected chi connectivity index (χ1v) is 21.6. The molecule has 60 heavy (non-hydrogen) atoms. The van der Waals surface area contributed by atoms with Gasteiger partial charge in [0.2, 0.25) is 0 Å². The van der Waals surface area contributed by atoms with Gasteiger partial charge < -0.3 is 4.90 Å². The summed E-state index contributed by atoms with van der Waals surface area (Å²) in [7, 11) is 0. The molecule has 0 saturated heterocycles. The zero-order valence-electron chi connectivity index (χ0n) is 32.9. The molecule has 0 saturated carbocycles. The molecule has 2 aliphatic carbocycles. The largest absolute Gasteiger partial charge is 0.308 e. The predicted molar refractivity (Wildman–Crippen MR) is 251 cm³/mol. The number of anilines is 3. The highest BCUT2D eigenvalue weighted by Crippen LogP contribution is 2.63. The van der Waals surface area contributed by atoms with Gasteiger partial charge in [0.15, 0.2) is 0 Å². The van der Waals surface area contributed by atoms with Crippen molar-refractivity contribution < 1.29 is 0 Å². The molecule has 0 atom stereocenters. The van der Waals surface area contributed by atoms with Crippen molar-refractivity contribution in [2.45, 2.75) is 10.8 Å². The van der Waals surface area contributed by atoms with Gasteiger partial charge >= 0.3 is 0 Å². The van der Waals surface area contributed by atoms with E-state index in [4.69, 9.17) is 0 Å². The number of nitrogens with zero attached hydrogens (tertiary/aromatic N) is 1. The minimum atomic E-state index is -0.522. The SMILES string of the molecule is c1ccc(C2(c3ccccc3)c3ccccc3-c3c(N(c4cccc5c4-c4ccccc4C5(c4ccccc4)c4ccccc4)c4cccc5ccsc45)cccc32)cc1. The van der Waals surface area contributed by atoms with Crippen LogP contribution in [0.25, 0.3) is 32.3 Å². The fourth-order valence-electron chi connectivity index (χ4n) is 10.9. The van der Waals surface area contributed by atoms with E-state index in [1.807, 2.05) is 11.3 Å². The Morgan fingerprint density at radius 2 is 0.667 bits per heavy atom. The molecule has 1 aromatic heterocycles. The van der Waals surface area contributed by atoms with Crippen molar-refractivity contribution in [1.29, 1.82) is 0 Å². The molecule has 0 spiro atoms. The van der Waals surface area contributed by atoms with Crippen LogP contribution in [0, 0.1) is 0 Å². The number of hydrogen-bond acceptors (Lipinski definition) is 2. The Hall–Kier alpha value is -7.26. The van der Waals surface area contributed by atoms with Gasteiger partial charge in [0.05, 0.1) is 32.6 Å². The summed E-state index contributed by atoms with van der Waals surface area (Å²) >= 11 is 1.81. The van der Waals surface area contributed by atoms with Crippen molar-refractivity contribution in [1.82, 2.24) is 0 Å². The molecule has 282 valence electrons. The summed E-state index contributed by atoms with van der Waals surface area (Å²) in [5.74, 6) is 0. The molecule has 1 heterocycles. The lowest BCUT2D eigenvalue weighted by atomic mass is 9.67. The molecule has 0 unspecified atom stereocenters. The minimum absolute atomic E-state index is 0.522. The van der Waals surface area contributed by atoms with Crippen molar-refractivity contribution in [3.63, 3.8) is 0 Å². The van der Waals surface area contributed by atoms with Gasteiger partial charge in [0.1, 0.15) is 0 Å². The van der Waals surface area contributed by atoms with E-state index in [1.165, 1.54) is 82.5 Å². The van der Waals surface area contributed by atoms with E-state index < -0.39 is 10.8 Å². The predicted octanol–water partition coefficient (Wildman–Crippen LogP) is 15.1. The lowest BCUT2D eigenvalue weighted by molar-refractivity contribution is 0.768. The van der Waals surface area contributed by atoms with Crippen LogP contribution in [0.5, 0.6) is 0 Å². The summed E-state index contributed by atoms with van der Waals surface area (Å²) in [6.45, 7) is 0. The monoisotopic (exact) mass is 781 g/mol. The average molecular weight is 782 g/mol. The van der Waals surface area contributed by atoms with Gasteiger partial charge in [-0.3, -0.25) is 0 Å². The van der Waals surface area contributed by atoms with E-state index in [0.29, 0.717) is 0 Å². The number of hydrogen-bond donors (Lipinski definition) is 0. The third kappa shape index (κ3) is 4.74. The highest BCUT2D eigenvalue weighted by atomic mass is 32.1.